The molecule has 0 amide bonds. The molecule has 2 aromatic heterocycles. The van der Waals surface area contributed by atoms with Gasteiger partial charge in [-0.3, -0.25) is 14.3 Å². The predicted molar refractivity (Wildman–Crippen MR) is 139 cm³/mol. The lowest BCUT2D eigenvalue weighted by Gasteiger charge is -2.12. The molecule has 2 heterocycles. The second-order valence-corrected chi connectivity index (χ2v) is 9.36. The van der Waals surface area contributed by atoms with Crippen molar-refractivity contribution in [1.82, 2.24) is 19.7 Å². The minimum Gasteiger partial charge on any atom is -0.483 e. The van der Waals surface area contributed by atoms with Crippen LogP contribution in [0.1, 0.15) is 16.2 Å². The van der Waals surface area contributed by atoms with E-state index in [2.05, 4.69) is 15.2 Å². The quantitative estimate of drug-likeness (QED) is 0.168. The fourth-order valence-corrected chi connectivity index (χ4v) is 4.64. The molecule has 5 aromatic rings. The summed E-state index contributed by atoms with van der Waals surface area (Å²) >= 11 is 13.3. The summed E-state index contributed by atoms with van der Waals surface area (Å²) in [7, 11) is 0. The number of fused-ring (bicyclic) bond motifs is 1. The minimum absolute atomic E-state index is 0.0306. The van der Waals surface area contributed by atoms with E-state index >= 15 is 0 Å². The number of benzene rings is 3. The molecule has 9 heteroatoms. The van der Waals surface area contributed by atoms with Gasteiger partial charge in [0.15, 0.2) is 16.8 Å². The maximum absolute atomic E-state index is 12.7. The van der Waals surface area contributed by atoms with Crippen molar-refractivity contribution in [3.8, 4) is 11.4 Å². The molecule has 174 valence electrons. The monoisotopic (exact) mass is 520 g/mol. The van der Waals surface area contributed by atoms with Gasteiger partial charge in [0, 0.05) is 32.9 Å². The van der Waals surface area contributed by atoms with E-state index < -0.39 is 0 Å². The van der Waals surface area contributed by atoms with Crippen LogP contribution in [0.3, 0.4) is 0 Å². The van der Waals surface area contributed by atoms with Gasteiger partial charge in [0.25, 0.3) is 0 Å². The number of rotatable bonds is 8. The number of Topliss-reactive ketones (excluding diaryl/α,β-unsaturated/α-hetero) is 1. The van der Waals surface area contributed by atoms with Crippen LogP contribution in [0.5, 0.6) is 5.75 Å². The van der Waals surface area contributed by atoms with E-state index in [1.165, 1.54) is 11.8 Å². The fraction of sp³-hybridized carbons (Fsp3) is 0.0769. The number of ketones is 1. The molecule has 0 saturated heterocycles. The lowest BCUT2D eigenvalue weighted by Crippen LogP contribution is -2.08. The highest BCUT2D eigenvalue weighted by atomic mass is 35.5. The molecule has 3 aromatic carbocycles. The molecule has 0 atom stereocenters. The van der Waals surface area contributed by atoms with Gasteiger partial charge in [-0.15, -0.1) is 10.2 Å². The molecule has 0 radical (unpaired) electrons. The van der Waals surface area contributed by atoms with Crippen molar-refractivity contribution in [2.24, 2.45) is 0 Å². The topological polar surface area (TPSA) is 69.9 Å². The van der Waals surface area contributed by atoms with Gasteiger partial charge in [-0.2, -0.15) is 0 Å². The number of aromatic nitrogens is 4. The summed E-state index contributed by atoms with van der Waals surface area (Å²) < 4.78 is 7.98. The van der Waals surface area contributed by atoms with Crippen LogP contribution < -0.4 is 4.74 Å². The molecule has 0 aliphatic heterocycles. The van der Waals surface area contributed by atoms with Crippen LogP contribution in [-0.4, -0.2) is 31.3 Å². The van der Waals surface area contributed by atoms with Gasteiger partial charge >= 0.3 is 0 Å². The zero-order chi connectivity index (χ0) is 24.2. The van der Waals surface area contributed by atoms with Gasteiger partial charge in [0.05, 0.1) is 5.75 Å². The van der Waals surface area contributed by atoms with Gasteiger partial charge in [0.2, 0.25) is 0 Å². The summed E-state index contributed by atoms with van der Waals surface area (Å²) in [5.41, 5.74) is 2.18. The van der Waals surface area contributed by atoms with E-state index in [1.807, 2.05) is 47.0 Å². The normalized spacial score (nSPS) is 11.0. The molecule has 0 bridgehead atoms. The van der Waals surface area contributed by atoms with Gasteiger partial charge in [-0.05, 0) is 60.7 Å². The Morgan fingerprint density at radius 2 is 1.60 bits per heavy atom. The van der Waals surface area contributed by atoms with Gasteiger partial charge in [0.1, 0.15) is 17.9 Å². The van der Waals surface area contributed by atoms with Crippen molar-refractivity contribution in [3.05, 3.63) is 106 Å². The lowest BCUT2D eigenvalue weighted by molar-refractivity contribution is 0.102. The molecule has 6 nitrogen and oxygen atoms in total. The van der Waals surface area contributed by atoms with Crippen LogP contribution in [0.15, 0.2) is 90.2 Å². The molecule has 0 N–H and O–H groups in total. The third-order valence-electron chi connectivity index (χ3n) is 5.24. The SMILES string of the molecule is O=C(CSc1nnc(COc2cccc3cccnc23)n1-c1ccc(Cl)cc1)c1ccc(Cl)cc1. The van der Waals surface area contributed by atoms with Crippen molar-refractivity contribution in [2.45, 2.75) is 11.8 Å². The predicted octanol–water partition coefficient (Wildman–Crippen LogP) is 6.68. The first kappa shape index (κ1) is 23.4. The molecular formula is C26H18Cl2N4O2S. The second kappa shape index (κ2) is 10.5. The average Bonchev–Trinajstić information content (AvgIpc) is 3.29. The van der Waals surface area contributed by atoms with E-state index in [9.17, 15) is 4.79 Å². The molecule has 35 heavy (non-hydrogen) atoms. The maximum Gasteiger partial charge on any atom is 0.196 e. The number of carbonyl (C=O) groups is 1. The molecule has 0 fully saturated rings. The average molecular weight is 521 g/mol. The Kier molecular flexibility index (Phi) is 6.99. The number of halogens is 2. The Hall–Kier alpha value is -3.39. The van der Waals surface area contributed by atoms with Crippen LogP contribution in [0.2, 0.25) is 10.0 Å². The number of carbonyl (C=O) groups excluding carboxylic acids is 1. The van der Waals surface area contributed by atoms with Crippen LogP contribution in [0.4, 0.5) is 0 Å². The highest BCUT2D eigenvalue weighted by Gasteiger charge is 2.18. The zero-order valence-corrected chi connectivity index (χ0v) is 20.6. The van der Waals surface area contributed by atoms with Crippen molar-refractivity contribution in [1.29, 1.82) is 0 Å². The number of thioether (sulfide) groups is 1. The Bertz CT molecular complexity index is 1480. The van der Waals surface area contributed by atoms with E-state index in [-0.39, 0.29) is 18.1 Å². The van der Waals surface area contributed by atoms with Gasteiger partial charge < -0.3 is 4.74 Å². The number of hydrogen-bond acceptors (Lipinski definition) is 6. The number of hydrogen-bond donors (Lipinski definition) is 0. The standard InChI is InChI=1S/C26H18Cl2N4O2S/c27-19-8-6-17(7-9-19)22(33)16-35-26-31-30-24(32(26)21-12-10-20(28)11-13-21)15-34-23-5-1-3-18-4-2-14-29-25(18)23/h1-14H,15-16H2. The van der Waals surface area contributed by atoms with E-state index in [4.69, 9.17) is 27.9 Å². The Balaban J connectivity index is 1.41. The highest BCUT2D eigenvalue weighted by molar-refractivity contribution is 7.99. The molecule has 0 aliphatic carbocycles. The molecular weight excluding hydrogens is 503 g/mol. The first-order chi connectivity index (χ1) is 17.1. The van der Waals surface area contributed by atoms with Crippen molar-refractivity contribution < 1.29 is 9.53 Å². The minimum atomic E-state index is -0.0306. The molecule has 0 spiro atoms. The Morgan fingerprint density at radius 1 is 0.886 bits per heavy atom. The van der Waals surface area contributed by atoms with E-state index in [0.717, 1.165) is 16.6 Å². The Labute approximate surface area is 215 Å². The Morgan fingerprint density at radius 3 is 2.37 bits per heavy atom. The first-order valence-corrected chi connectivity index (χ1v) is 12.4. The summed E-state index contributed by atoms with van der Waals surface area (Å²) in [5.74, 6) is 1.40. The van der Waals surface area contributed by atoms with Crippen molar-refractivity contribution >= 4 is 51.6 Å². The summed E-state index contributed by atoms with van der Waals surface area (Å²) in [6.07, 6.45) is 1.73. The second-order valence-electron chi connectivity index (χ2n) is 7.55. The fourth-order valence-electron chi connectivity index (χ4n) is 3.52. The van der Waals surface area contributed by atoms with Crippen molar-refractivity contribution in [3.63, 3.8) is 0 Å². The largest absolute Gasteiger partial charge is 0.483 e. The van der Waals surface area contributed by atoms with Crippen molar-refractivity contribution in [2.75, 3.05) is 5.75 Å². The van der Waals surface area contributed by atoms with Crippen LogP contribution >= 0.6 is 35.0 Å². The molecule has 0 unspecified atom stereocenters. The first-order valence-electron chi connectivity index (χ1n) is 10.7. The number of para-hydroxylation sites is 1. The molecule has 0 aliphatic rings. The summed E-state index contributed by atoms with van der Waals surface area (Å²) in [4.78, 5) is 17.1. The van der Waals surface area contributed by atoms with E-state index in [1.54, 1.807) is 42.6 Å². The lowest BCUT2D eigenvalue weighted by atomic mass is 10.1. The third-order valence-corrected chi connectivity index (χ3v) is 6.67. The maximum atomic E-state index is 12.7. The van der Waals surface area contributed by atoms with Crippen LogP contribution in [-0.2, 0) is 6.61 Å². The smallest absolute Gasteiger partial charge is 0.196 e. The van der Waals surface area contributed by atoms with Crippen LogP contribution in [0.25, 0.3) is 16.6 Å². The molecule has 5 rings (SSSR count). The van der Waals surface area contributed by atoms with Gasteiger partial charge in [-0.25, -0.2) is 0 Å². The highest BCUT2D eigenvalue weighted by Crippen LogP contribution is 2.27. The number of nitrogens with zero attached hydrogens (tertiary/aromatic N) is 4. The zero-order valence-electron chi connectivity index (χ0n) is 18.3. The van der Waals surface area contributed by atoms with E-state index in [0.29, 0.717) is 32.3 Å². The van der Waals surface area contributed by atoms with Crippen LogP contribution in [0, 0.1) is 0 Å². The van der Waals surface area contributed by atoms with Gasteiger partial charge in [-0.1, -0.05) is 53.2 Å². The summed E-state index contributed by atoms with van der Waals surface area (Å²) in [5, 5.41) is 11.5. The summed E-state index contributed by atoms with van der Waals surface area (Å²) in [6, 6.07) is 23.8. The third kappa shape index (κ3) is 5.32. The number of ether oxygens (including phenoxy) is 1. The summed E-state index contributed by atoms with van der Waals surface area (Å²) in [6.45, 7) is 0.164. The molecule has 0 saturated carbocycles. The number of pyridine rings is 1.